The Bertz CT molecular complexity index is 778. The Labute approximate surface area is 165 Å². The Morgan fingerprint density at radius 3 is 2.50 bits per heavy atom. The Morgan fingerprint density at radius 1 is 1.25 bits per heavy atom. The first-order valence-electron chi connectivity index (χ1n) is 9.95. The minimum atomic E-state index is -1.02. The summed E-state index contributed by atoms with van der Waals surface area (Å²) in [5.41, 5.74) is -0.978. The summed E-state index contributed by atoms with van der Waals surface area (Å²) in [7, 11) is 0. The molecule has 28 heavy (non-hydrogen) atoms. The SMILES string of the molecule is C=CCC1=C(O)C2=C(C(=O)C1=O)C1(C)CCCC(C)(CO)C1C(O)C2OCC. The largest absolute Gasteiger partial charge is 0.507 e. The van der Waals surface area contributed by atoms with Crippen molar-refractivity contribution >= 4 is 11.6 Å². The normalized spacial score (nSPS) is 38.4. The maximum atomic E-state index is 13.2. The van der Waals surface area contributed by atoms with E-state index in [1.807, 2.05) is 13.8 Å². The van der Waals surface area contributed by atoms with Gasteiger partial charge in [-0.25, -0.2) is 0 Å². The molecule has 0 aromatic heterocycles. The van der Waals surface area contributed by atoms with Crippen LogP contribution in [0, 0.1) is 16.7 Å². The van der Waals surface area contributed by atoms with Crippen LogP contribution in [-0.2, 0) is 14.3 Å². The standard InChI is InChI=1S/C22H30O6/c1-5-8-12-15(24)13-14(17(26)16(12)25)22(4)10-7-9-21(3,11-23)20(22)18(27)19(13)28-6-2/h5,18-20,23-24,27H,1,6-11H2,2-4H3. The Balaban J connectivity index is 2.32. The van der Waals surface area contributed by atoms with Crippen LogP contribution in [0.15, 0.2) is 35.1 Å². The van der Waals surface area contributed by atoms with Gasteiger partial charge in [-0.1, -0.05) is 26.3 Å². The zero-order chi connectivity index (χ0) is 20.9. The second-order valence-corrected chi connectivity index (χ2v) is 8.69. The smallest absolute Gasteiger partial charge is 0.233 e. The molecule has 0 heterocycles. The molecule has 3 aliphatic rings. The van der Waals surface area contributed by atoms with Gasteiger partial charge in [-0.2, -0.15) is 0 Å². The lowest BCUT2D eigenvalue weighted by Crippen LogP contribution is -2.61. The fourth-order valence-corrected chi connectivity index (χ4v) is 5.83. The molecule has 3 N–H and O–H groups in total. The summed E-state index contributed by atoms with van der Waals surface area (Å²) >= 11 is 0. The number of Topliss-reactive ketones (excluding diaryl/α,β-unsaturated/α-hetero) is 2. The third-order valence-corrected chi connectivity index (χ3v) is 6.96. The van der Waals surface area contributed by atoms with Crippen LogP contribution in [-0.4, -0.2) is 52.3 Å². The molecule has 0 bridgehead atoms. The van der Waals surface area contributed by atoms with E-state index in [1.54, 1.807) is 6.92 Å². The maximum Gasteiger partial charge on any atom is 0.233 e. The van der Waals surface area contributed by atoms with E-state index in [0.29, 0.717) is 12.8 Å². The number of carbonyl (C=O) groups is 2. The van der Waals surface area contributed by atoms with E-state index < -0.39 is 40.5 Å². The number of ether oxygens (including phenoxy) is 1. The lowest BCUT2D eigenvalue weighted by atomic mass is 9.47. The summed E-state index contributed by atoms with van der Waals surface area (Å²) in [5.74, 6) is -2.11. The fraction of sp³-hybridized carbons (Fsp3) is 0.636. The van der Waals surface area contributed by atoms with E-state index in [2.05, 4.69) is 6.58 Å². The molecule has 0 radical (unpaired) electrons. The van der Waals surface area contributed by atoms with Gasteiger partial charge in [-0.3, -0.25) is 9.59 Å². The highest BCUT2D eigenvalue weighted by Gasteiger charge is 2.62. The quantitative estimate of drug-likeness (QED) is 0.378. The fourth-order valence-electron chi connectivity index (χ4n) is 5.83. The summed E-state index contributed by atoms with van der Waals surface area (Å²) in [6.07, 6.45) is 1.62. The average molecular weight is 390 g/mol. The predicted octanol–water partition coefficient (Wildman–Crippen LogP) is 2.41. The number of aliphatic hydroxyl groups excluding tert-OH is 3. The van der Waals surface area contributed by atoms with Gasteiger partial charge in [0.1, 0.15) is 11.9 Å². The molecule has 154 valence electrons. The van der Waals surface area contributed by atoms with E-state index in [4.69, 9.17) is 4.74 Å². The Hall–Kier alpha value is -1.76. The van der Waals surface area contributed by atoms with Crippen molar-refractivity contribution in [2.24, 2.45) is 16.7 Å². The predicted molar refractivity (Wildman–Crippen MR) is 104 cm³/mol. The minimum absolute atomic E-state index is 0.00145. The highest BCUT2D eigenvalue weighted by atomic mass is 16.5. The van der Waals surface area contributed by atoms with Crippen LogP contribution in [0.3, 0.4) is 0 Å². The molecule has 6 heteroatoms. The summed E-state index contributed by atoms with van der Waals surface area (Å²) in [4.78, 5) is 26.0. The number of allylic oxidation sites excluding steroid dienone is 3. The van der Waals surface area contributed by atoms with Gasteiger partial charge in [0.15, 0.2) is 0 Å². The Morgan fingerprint density at radius 2 is 1.93 bits per heavy atom. The number of aliphatic hydroxyl groups is 3. The molecular formula is C22H30O6. The number of carbonyl (C=O) groups excluding carboxylic acids is 2. The first-order chi connectivity index (χ1) is 13.2. The van der Waals surface area contributed by atoms with E-state index in [0.717, 1.165) is 6.42 Å². The van der Waals surface area contributed by atoms with Crippen LogP contribution >= 0.6 is 0 Å². The number of ketones is 2. The van der Waals surface area contributed by atoms with Gasteiger partial charge < -0.3 is 20.1 Å². The zero-order valence-electron chi connectivity index (χ0n) is 16.8. The molecule has 5 atom stereocenters. The third-order valence-electron chi connectivity index (χ3n) is 6.96. The number of hydrogen-bond donors (Lipinski definition) is 3. The second kappa shape index (κ2) is 7.25. The maximum absolute atomic E-state index is 13.2. The minimum Gasteiger partial charge on any atom is -0.507 e. The molecule has 6 nitrogen and oxygen atoms in total. The zero-order valence-corrected chi connectivity index (χ0v) is 16.8. The first-order valence-corrected chi connectivity index (χ1v) is 9.95. The molecule has 0 amide bonds. The van der Waals surface area contributed by atoms with Crippen molar-refractivity contribution in [2.75, 3.05) is 13.2 Å². The highest BCUT2D eigenvalue weighted by molar-refractivity contribution is 6.50. The summed E-state index contributed by atoms with van der Waals surface area (Å²) in [5, 5.41) is 32.4. The van der Waals surface area contributed by atoms with E-state index >= 15 is 0 Å². The van der Waals surface area contributed by atoms with Crippen molar-refractivity contribution in [1.82, 2.24) is 0 Å². The molecule has 3 aliphatic carbocycles. The van der Waals surface area contributed by atoms with Gasteiger partial charge in [-0.05, 0) is 31.6 Å². The highest BCUT2D eigenvalue weighted by Crippen LogP contribution is 2.61. The van der Waals surface area contributed by atoms with Crippen LogP contribution < -0.4 is 0 Å². The van der Waals surface area contributed by atoms with Crippen LogP contribution in [0.2, 0.25) is 0 Å². The average Bonchev–Trinajstić information content (AvgIpc) is 2.65. The van der Waals surface area contributed by atoms with Crippen LogP contribution in [0.25, 0.3) is 0 Å². The molecule has 3 rings (SSSR count). The van der Waals surface area contributed by atoms with Gasteiger partial charge >= 0.3 is 0 Å². The molecule has 0 saturated heterocycles. The molecule has 1 fully saturated rings. The number of rotatable bonds is 5. The van der Waals surface area contributed by atoms with E-state index in [1.165, 1.54) is 6.08 Å². The van der Waals surface area contributed by atoms with Crippen molar-refractivity contribution in [1.29, 1.82) is 0 Å². The van der Waals surface area contributed by atoms with E-state index in [9.17, 15) is 24.9 Å². The van der Waals surface area contributed by atoms with Crippen LogP contribution in [0.4, 0.5) is 0 Å². The monoisotopic (exact) mass is 390 g/mol. The van der Waals surface area contributed by atoms with Crippen molar-refractivity contribution in [3.63, 3.8) is 0 Å². The van der Waals surface area contributed by atoms with Gasteiger partial charge in [-0.15, -0.1) is 6.58 Å². The lowest BCUT2D eigenvalue weighted by Gasteiger charge is -2.58. The number of hydrogen-bond acceptors (Lipinski definition) is 6. The summed E-state index contributed by atoms with van der Waals surface area (Å²) in [6.45, 7) is 9.26. The van der Waals surface area contributed by atoms with Crippen LogP contribution in [0.1, 0.15) is 46.5 Å². The van der Waals surface area contributed by atoms with Crippen LogP contribution in [0.5, 0.6) is 0 Å². The molecule has 1 saturated carbocycles. The van der Waals surface area contributed by atoms with Crippen molar-refractivity contribution < 1.29 is 29.6 Å². The first kappa shape index (κ1) is 21.0. The summed E-state index contributed by atoms with van der Waals surface area (Å²) < 4.78 is 5.80. The second-order valence-electron chi connectivity index (χ2n) is 8.69. The van der Waals surface area contributed by atoms with E-state index in [-0.39, 0.29) is 42.1 Å². The van der Waals surface area contributed by atoms with Crippen molar-refractivity contribution in [3.8, 4) is 0 Å². The molecule has 0 aliphatic heterocycles. The third kappa shape index (κ3) is 2.73. The van der Waals surface area contributed by atoms with Gasteiger partial charge in [0, 0.05) is 41.3 Å². The van der Waals surface area contributed by atoms with Gasteiger partial charge in [0.2, 0.25) is 11.6 Å². The molecular weight excluding hydrogens is 360 g/mol. The molecule has 0 aromatic rings. The molecule has 0 aromatic carbocycles. The van der Waals surface area contributed by atoms with Crippen molar-refractivity contribution in [3.05, 3.63) is 35.1 Å². The Kier molecular flexibility index (Phi) is 5.42. The summed E-state index contributed by atoms with van der Waals surface area (Å²) in [6, 6.07) is 0. The van der Waals surface area contributed by atoms with Gasteiger partial charge in [0.05, 0.1) is 6.10 Å². The topological polar surface area (TPSA) is 104 Å². The lowest BCUT2D eigenvalue weighted by molar-refractivity contribution is -0.154. The van der Waals surface area contributed by atoms with Gasteiger partial charge in [0.25, 0.3) is 0 Å². The molecule has 0 spiro atoms. The van der Waals surface area contributed by atoms with Crippen molar-refractivity contribution in [2.45, 2.75) is 58.7 Å². The molecule has 5 unspecified atom stereocenters. The number of fused-ring (bicyclic) bond motifs is 2.